The van der Waals surface area contributed by atoms with Crippen molar-refractivity contribution in [3.05, 3.63) is 77.0 Å². The van der Waals surface area contributed by atoms with Crippen LogP contribution in [0.3, 0.4) is 0 Å². The van der Waals surface area contributed by atoms with E-state index in [2.05, 4.69) is 10.3 Å². The molecule has 0 saturated carbocycles. The molecule has 1 heterocycles. The van der Waals surface area contributed by atoms with Crippen molar-refractivity contribution in [3.8, 4) is 11.6 Å². The lowest BCUT2D eigenvalue weighted by Crippen LogP contribution is -2.04. The summed E-state index contributed by atoms with van der Waals surface area (Å²) in [6.07, 6.45) is -2.88. The zero-order valence-corrected chi connectivity index (χ0v) is 15.3. The molecule has 0 spiro atoms. The molecule has 0 radical (unpaired) electrons. The van der Waals surface area contributed by atoms with Crippen LogP contribution in [-0.2, 0) is 24.7 Å². The van der Waals surface area contributed by atoms with Crippen LogP contribution in [-0.4, -0.2) is 16.0 Å². The molecule has 3 aromatic rings. The first kappa shape index (κ1) is 19.5. The Hall–Kier alpha value is -3.29. The van der Waals surface area contributed by atoms with Gasteiger partial charge in [0.1, 0.15) is 12.4 Å². The van der Waals surface area contributed by atoms with Crippen LogP contribution >= 0.6 is 0 Å². The predicted octanol–water partition coefficient (Wildman–Crippen LogP) is 5.09. The van der Waals surface area contributed by atoms with Gasteiger partial charge in [0.2, 0.25) is 5.88 Å². The maximum atomic E-state index is 12.6. The molecule has 1 aromatic heterocycles. The second kappa shape index (κ2) is 8.16. The Morgan fingerprint density at radius 3 is 2.39 bits per heavy atom. The first-order valence-electron chi connectivity index (χ1n) is 8.42. The Bertz CT molecular complexity index is 949. The molecule has 0 fully saturated rings. The molecular weight excluding hydrogens is 371 g/mol. The zero-order chi connectivity index (χ0) is 20.1. The van der Waals surface area contributed by atoms with Crippen molar-refractivity contribution in [2.45, 2.75) is 19.7 Å². The lowest BCUT2D eigenvalue weighted by Gasteiger charge is -2.07. The van der Waals surface area contributed by atoms with Gasteiger partial charge in [-0.1, -0.05) is 35.5 Å². The van der Waals surface area contributed by atoms with Crippen LogP contribution in [0.5, 0.6) is 11.6 Å². The molecule has 0 aliphatic carbocycles. The Balaban J connectivity index is 1.66. The highest BCUT2D eigenvalue weighted by molar-refractivity contribution is 5.84. The van der Waals surface area contributed by atoms with Crippen molar-refractivity contribution in [1.82, 2.24) is 9.78 Å². The molecule has 0 bridgehead atoms. The van der Waals surface area contributed by atoms with Crippen LogP contribution in [0.15, 0.2) is 59.8 Å². The fourth-order valence-corrected chi connectivity index (χ4v) is 2.51. The van der Waals surface area contributed by atoms with E-state index in [1.165, 1.54) is 18.3 Å². The molecule has 0 atom stereocenters. The fourth-order valence-electron chi connectivity index (χ4n) is 2.51. The van der Waals surface area contributed by atoms with E-state index in [-0.39, 0.29) is 6.61 Å². The van der Waals surface area contributed by atoms with Gasteiger partial charge in [-0.05, 0) is 36.8 Å². The van der Waals surface area contributed by atoms with Crippen molar-refractivity contribution < 1.29 is 22.7 Å². The van der Waals surface area contributed by atoms with E-state index in [1.54, 1.807) is 11.7 Å². The smallest absolute Gasteiger partial charge is 0.416 e. The average molecular weight is 389 g/mol. The third-order valence-corrected chi connectivity index (χ3v) is 3.94. The van der Waals surface area contributed by atoms with Crippen LogP contribution in [0.25, 0.3) is 0 Å². The van der Waals surface area contributed by atoms with Gasteiger partial charge in [-0.25, -0.2) is 4.68 Å². The van der Waals surface area contributed by atoms with Gasteiger partial charge >= 0.3 is 6.18 Å². The standard InChI is InChI=1S/C20H18F3N3O2/c1-14-18(19(26(2)25-14)28-17-6-4-3-5-7-17)12-24-27-13-15-8-10-16(11-9-15)20(21,22)23/h3-12H,13H2,1-2H3/b24-12+. The Kier molecular flexibility index (Phi) is 5.67. The summed E-state index contributed by atoms with van der Waals surface area (Å²) in [5, 5.41) is 8.22. The van der Waals surface area contributed by atoms with E-state index < -0.39 is 11.7 Å². The minimum Gasteiger partial charge on any atom is -0.439 e. The highest BCUT2D eigenvalue weighted by atomic mass is 19.4. The SMILES string of the molecule is Cc1nn(C)c(Oc2ccccc2)c1/C=N/OCc1ccc(C(F)(F)F)cc1. The maximum absolute atomic E-state index is 12.6. The second-order valence-corrected chi connectivity index (χ2v) is 6.05. The number of hydrogen-bond donors (Lipinski definition) is 0. The Morgan fingerprint density at radius 2 is 1.75 bits per heavy atom. The molecule has 0 amide bonds. The molecule has 0 aliphatic heterocycles. The largest absolute Gasteiger partial charge is 0.439 e. The molecule has 0 aliphatic rings. The summed E-state index contributed by atoms with van der Waals surface area (Å²) in [4.78, 5) is 5.21. The summed E-state index contributed by atoms with van der Waals surface area (Å²) in [5.41, 5.74) is 1.23. The van der Waals surface area contributed by atoms with Crippen LogP contribution in [0.4, 0.5) is 13.2 Å². The fraction of sp³-hybridized carbons (Fsp3) is 0.200. The van der Waals surface area contributed by atoms with Crippen molar-refractivity contribution in [3.63, 3.8) is 0 Å². The topological polar surface area (TPSA) is 48.6 Å². The summed E-state index contributed by atoms with van der Waals surface area (Å²) in [7, 11) is 1.76. The normalized spacial score (nSPS) is 11.8. The monoisotopic (exact) mass is 389 g/mol. The maximum Gasteiger partial charge on any atom is 0.416 e. The van der Waals surface area contributed by atoms with E-state index >= 15 is 0 Å². The summed E-state index contributed by atoms with van der Waals surface area (Å²) >= 11 is 0. The van der Waals surface area contributed by atoms with Crippen LogP contribution in [0, 0.1) is 6.92 Å². The summed E-state index contributed by atoms with van der Waals surface area (Å²) < 4.78 is 45.2. The molecule has 0 N–H and O–H groups in total. The first-order valence-corrected chi connectivity index (χ1v) is 8.42. The number of para-hydroxylation sites is 1. The summed E-state index contributed by atoms with van der Waals surface area (Å²) in [5.74, 6) is 1.16. The number of oxime groups is 1. The number of aryl methyl sites for hydroxylation is 2. The third kappa shape index (κ3) is 4.70. The van der Waals surface area contributed by atoms with Gasteiger partial charge in [-0.3, -0.25) is 0 Å². The van der Waals surface area contributed by atoms with Crippen molar-refractivity contribution in [2.24, 2.45) is 12.2 Å². The second-order valence-electron chi connectivity index (χ2n) is 6.05. The van der Waals surface area contributed by atoms with E-state index in [4.69, 9.17) is 9.57 Å². The molecule has 0 unspecified atom stereocenters. The van der Waals surface area contributed by atoms with E-state index in [0.29, 0.717) is 28.5 Å². The molecular formula is C20H18F3N3O2. The van der Waals surface area contributed by atoms with Crippen molar-refractivity contribution >= 4 is 6.21 Å². The lowest BCUT2D eigenvalue weighted by molar-refractivity contribution is -0.137. The molecule has 3 rings (SSSR count). The number of nitrogens with zero attached hydrogens (tertiary/aromatic N) is 3. The van der Waals surface area contributed by atoms with Gasteiger partial charge in [0.05, 0.1) is 23.0 Å². The molecule has 5 nitrogen and oxygen atoms in total. The highest BCUT2D eigenvalue weighted by Gasteiger charge is 2.29. The van der Waals surface area contributed by atoms with Gasteiger partial charge in [0.25, 0.3) is 0 Å². The van der Waals surface area contributed by atoms with Crippen molar-refractivity contribution in [2.75, 3.05) is 0 Å². The van der Waals surface area contributed by atoms with E-state index in [1.807, 2.05) is 37.3 Å². The average Bonchev–Trinajstić information content (AvgIpc) is 2.92. The third-order valence-electron chi connectivity index (χ3n) is 3.94. The zero-order valence-electron chi connectivity index (χ0n) is 15.3. The number of aromatic nitrogens is 2. The van der Waals surface area contributed by atoms with Gasteiger partial charge in [0.15, 0.2) is 0 Å². The van der Waals surface area contributed by atoms with Crippen LogP contribution in [0.1, 0.15) is 22.4 Å². The minimum absolute atomic E-state index is 0.0445. The number of alkyl halides is 3. The van der Waals surface area contributed by atoms with Crippen molar-refractivity contribution in [1.29, 1.82) is 0 Å². The Labute approximate surface area is 160 Å². The lowest BCUT2D eigenvalue weighted by atomic mass is 10.1. The summed E-state index contributed by atoms with van der Waals surface area (Å²) in [6.45, 7) is 1.86. The van der Waals surface area contributed by atoms with Crippen LogP contribution < -0.4 is 4.74 Å². The van der Waals surface area contributed by atoms with Crippen LogP contribution in [0.2, 0.25) is 0 Å². The molecule has 146 valence electrons. The molecule has 8 heteroatoms. The van der Waals surface area contributed by atoms with Gasteiger partial charge in [-0.15, -0.1) is 0 Å². The predicted molar refractivity (Wildman–Crippen MR) is 98.3 cm³/mol. The van der Waals surface area contributed by atoms with Gasteiger partial charge < -0.3 is 9.57 Å². The summed E-state index contributed by atoms with van der Waals surface area (Å²) in [6, 6.07) is 14.0. The molecule has 28 heavy (non-hydrogen) atoms. The first-order chi connectivity index (χ1) is 13.3. The molecule has 0 saturated heterocycles. The van der Waals surface area contributed by atoms with E-state index in [9.17, 15) is 13.2 Å². The van der Waals surface area contributed by atoms with Gasteiger partial charge in [0, 0.05) is 7.05 Å². The number of rotatable bonds is 6. The minimum atomic E-state index is -4.36. The quantitative estimate of drug-likeness (QED) is 0.436. The number of ether oxygens (including phenoxy) is 1. The number of hydrogen-bond acceptors (Lipinski definition) is 4. The van der Waals surface area contributed by atoms with E-state index in [0.717, 1.165) is 12.1 Å². The number of halogens is 3. The molecule has 2 aromatic carbocycles. The Morgan fingerprint density at radius 1 is 1.07 bits per heavy atom. The van der Waals surface area contributed by atoms with Gasteiger partial charge in [-0.2, -0.15) is 18.3 Å². The highest BCUT2D eigenvalue weighted by Crippen LogP contribution is 2.29. The number of benzene rings is 2.